The highest BCUT2D eigenvalue weighted by Crippen LogP contribution is 1.97. The molecule has 11 heavy (non-hydrogen) atoms. The van der Waals surface area contributed by atoms with Crippen molar-refractivity contribution in [3.63, 3.8) is 0 Å². The number of nitrogens with zero attached hydrogens (tertiary/aromatic N) is 1. The zero-order valence-corrected chi connectivity index (χ0v) is 5.50. The summed E-state index contributed by atoms with van der Waals surface area (Å²) in [5, 5.41) is 0. The molecule has 0 spiro atoms. The lowest BCUT2D eigenvalue weighted by Crippen LogP contribution is -2.42. The Bertz CT molecular complexity index is 220. The molecule has 0 saturated carbocycles. The molecule has 2 amide bonds. The van der Waals surface area contributed by atoms with E-state index in [1.807, 2.05) is 5.43 Å². The molecule has 0 aliphatic heterocycles. The SMILES string of the molecule is NNC(=O)NNc1ncco1. The predicted octanol–water partition coefficient (Wildman–Crippen LogP) is -0.826. The van der Waals surface area contributed by atoms with Gasteiger partial charge in [-0.25, -0.2) is 26.5 Å². The van der Waals surface area contributed by atoms with Gasteiger partial charge in [0.05, 0.1) is 6.20 Å². The Kier molecular flexibility index (Phi) is 2.28. The number of carbonyl (C=O) groups excluding carboxylic acids is 1. The third-order valence-electron chi connectivity index (χ3n) is 0.846. The summed E-state index contributed by atoms with van der Waals surface area (Å²) in [6, 6.07) is -0.392. The number of oxazole rings is 1. The van der Waals surface area contributed by atoms with Crippen molar-refractivity contribution in [2.75, 3.05) is 5.43 Å². The van der Waals surface area contributed by atoms with Gasteiger partial charge in [0.25, 0.3) is 0 Å². The molecular formula is C4H7N5O2. The van der Waals surface area contributed by atoms with Crippen LogP contribution in [0.25, 0.3) is 0 Å². The van der Waals surface area contributed by atoms with E-state index in [0.29, 0.717) is 0 Å². The van der Waals surface area contributed by atoms with Gasteiger partial charge in [0.2, 0.25) is 0 Å². The summed E-state index contributed by atoms with van der Waals surface area (Å²) in [5.41, 5.74) is 6.35. The summed E-state index contributed by atoms with van der Waals surface area (Å²) in [7, 11) is 0. The average Bonchev–Trinajstić information content (AvgIpc) is 2.52. The van der Waals surface area contributed by atoms with Crippen LogP contribution < -0.4 is 22.1 Å². The molecule has 0 unspecified atom stereocenters. The van der Waals surface area contributed by atoms with Gasteiger partial charge in [-0.15, -0.1) is 0 Å². The third kappa shape index (κ3) is 2.14. The van der Waals surface area contributed by atoms with Crippen LogP contribution >= 0.6 is 0 Å². The van der Waals surface area contributed by atoms with Crippen LogP contribution in [0, 0.1) is 0 Å². The highest BCUT2D eigenvalue weighted by atomic mass is 16.4. The van der Waals surface area contributed by atoms with Crippen molar-refractivity contribution < 1.29 is 9.21 Å². The number of hydrogen-bond acceptors (Lipinski definition) is 5. The Labute approximate surface area is 61.9 Å². The lowest BCUT2D eigenvalue weighted by atomic mass is 11.0. The number of urea groups is 1. The third-order valence-corrected chi connectivity index (χ3v) is 0.846. The molecule has 7 nitrogen and oxygen atoms in total. The van der Waals surface area contributed by atoms with E-state index < -0.39 is 6.03 Å². The van der Waals surface area contributed by atoms with Crippen molar-refractivity contribution in [3.05, 3.63) is 12.5 Å². The normalized spacial score (nSPS) is 8.82. The van der Waals surface area contributed by atoms with Gasteiger partial charge in [-0.2, -0.15) is 0 Å². The summed E-state index contributed by atoms with van der Waals surface area (Å²) in [4.78, 5) is 14.1. The quantitative estimate of drug-likeness (QED) is 0.255. The maximum atomic E-state index is 10.4. The molecule has 0 bridgehead atoms. The van der Waals surface area contributed by atoms with Gasteiger partial charge in [-0.3, -0.25) is 5.43 Å². The van der Waals surface area contributed by atoms with E-state index in [1.54, 1.807) is 0 Å². The molecule has 0 aliphatic carbocycles. The van der Waals surface area contributed by atoms with Crippen LogP contribution in [0.5, 0.6) is 0 Å². The summed E-state index contributed by atoms with van der Waals surface area (Å²) >= 11 is 0. The van der Waals surface area contributed by atoms with Crippen LogP contribution in [0.4, 0.5) is 10.8 Å². The second-order valence-corrected chi connectivity index (χ2v) is 1.56. The maximum absolute atomic E-state index is 10.4. The fourth-order valence-electron chi connectivity index (χ4n) is 0.431. The molecule has 0 fully saturated rings. The number of amides is 2. The molecular weight excluding hydrogens is 150 g/mol. The van der Waals surface area contributed by atoms with Crippen molar-refractivity contribution in [1.82, 2.24) is 15.8 Å². The van der Waals surface area contributed by atoms with Crippen LogP contribution in [-0.2, 0) is 0 Å². The largest absolute Gasteiger partial charge is 0.431 e. The minimum atomic E-state index is -0.580. The molecule has 0 saturated heterocycles. The van der Waals surface area contributed by atoms with Crippen LogP contribution in [0.2, 0.25) is 0 Å². The Morgan fingerprint density at radius 3 is 3.09 bits per heavy atom. The molecule has 60 valence electrons. The summed E-state index contributed by atoms with van der Waals surface area (Å²) in [6.07, 6.45) is 2.80. The van der Waals surface area contributed by atoms with Gasteiger partial charge >= 0.3 is 12.0 Å². The fourth-order valence-corrected chi connectivity index (χ4v) is 0.431. The monoisotopic (exact) mass is 157 g/mol. The van der Waals surface area contributed by atoms with Gasteiger partial charge < -0.3 is 4.42 Å². The summed E-state index contributed by atoms with van der Waals surface area (Å²) < 4.78 is 4.72. The van der Waals surface area contributed by atoms with Crippen LogP contribution in [0.1, 0.15) is 0 Å². The average molecular weight is 157 g/mol. The minimum absolute atomic E-state index is 0.189. The van der Waals surface area contributed by atoms with E-state index in [-0.39, 0.29) is 6.01 Å². The molecule has 0 aliphatic rings. The zero-order valence-electron chi connectivity index (χ0n) is 5.50. The van der Waals surface area contributed by atoms with E-state index in [4.69, 9.17) is 10.3 Å². The van der Waals surface area contributed by atoms with E-state index >= 15 is 0 Å². The van der Waals surface area contributed by atoms with E-state index in [1.165, 1.54) is 12.5 Å². The van der Waals surface area contributed by atoms with Gasteiger partial charge in [0.1, 0.15) is 6.26 Å². The molecule has 0 aromatic carbocycles. The molecule has 0 radical (unpaired) electrons. The Hall–Kier alpha value is -1.76. The molecule has 1 heterocycles. The highest BCUT2D eigenvalue weighted by molar-refractivity contribution is 5.74. The van der Waals surface area contributed by atoms with Crippen molar-refractivity contribution >= 4 is 12.0 Å². The first-order valence-electron chi connectivity index (χ1n) is 2.75. The second kappa shape index (κ2) is 3.42. The molecule has 1 aromatic rings. The summed E-state index contributed by atoms with van der Waals surface area (Å²) in [6.45, 7) is 0. The number of hydrazine groups is 2. The fraction of sp³-hybridized carbons (Fsp3) is 0. The molecule has 0 atom stereocenters. The topological polar surface area (TPSA) is 105 Å². The highest BCUT2D eigenvalue weighted by Gasteiger charge is 1.97. The number of nitrogens with one attached hydrogen (secondary N) is 3. The van der Waals surface area contributed by atoms with Crippen LogP contribution in [0.3, 0.4) is 0 Å². The van der Waals surface area contributed by atoms with Crippen molar-refractivity contribution in [3.8, 4) is 0 Å². The summed E-state index contributed by atoms with van der Waals surface area (Å²) in [5.74, 6) is 4.76. The first-order chi connectivity index (χ1) is 5.33. The van der Waals surface area contributed by atoms with Crippen molar-refractivity contribution in [1.29, 1.82) is 0 Å². The van der Waals surface area contributed by atoms with Crippen LogP contribution in [0.15, 0.2) is 16.9 Å². The first kappa shape index (κ1) is 7.35. The molecule has 1 rings (SSSR count). The Balaban J connectivity index is 2.29. The molecule has 7 heteroatoms. The van der Waals surface area contributed by atoms with E-state index in [2.05, 4.69) is 15.8 Å². The molecule has 5 N–H and O–H groups in total. The smallest absolute Gasteiger partial charge is 0.347 e. The van der Waals surface area contributed by atoms with Gasteiger partial charge in [-0.1, -0.05) is 0 Å². The lowest BCUT2D eigenvalue weighted by molar-refractivity contribution is 0.242. The Morgan fingerprint density at radius 2 is 2.55 bits per heavy atom. The van der Waals surface area contributed by atoms with E-state index in [9.17, 15) is 4.79 Å². The van der Waals surface area contributed by atoms with Gasteiger partial charge in [0, 0.05) is 0 Å². The van der Waals surface area contributed by atoms with Crippen molar-refractivity contribution in [2.24, 2.45) is 5.84 Å². The standard InChI is InChI=1S/C4H7N5O2/c5-7-3(10)8-9-4-6-1-2-11-4/h1-2H,5H2,(H,6,9)(H2,7,8,10). The first-order valence-corrected chi connectivity index (χ1v) is 2.75. The van der Waals surface area contributed by atoms with Gasteiger partial charge in [0.15, 0.2) is 0 Å². The number of aromatic nitrogens is 1. The Morgan fingerprint density at radius 1 is 1.73 bits per heavy atom. The van der Waals surface area contributed by atoms with E-state index in [0.717, 1.165) is 0 Å². The van der Waals surface area contributed by atoms with Gasteiger partial charge in [-0.05, 0) is 0 Å². The number of nitrogens with two attached hydrogens (primary N) is 1. The predicted molar refractivity (Wildman–Crippen MR) is 36.0 cm³/mol. The van der Waals surface area contributed by atoms with Crippen molar-refractivity contribution in [2.45, 2.75) is 0 Å². The number of carbonyl (C=O) groups is 1. The lowest BCUT2D eigenvalue weighted by Gasteiger charge is -2.01. The minimum Gasteiger partial charge on any atom is -0.431 e. The second-order valence-electron chi connectivity index (χ2n) is 1.56. The number of hydrogen-bond donors (Lipinski definition) is 4. The maximum Gasteiger partial charge on any atom is 0.347 e. The molecule has 1 aromatic heterocycles. The zero-order chi connectivity index (χ0) is 8.10. The number of rotatable bonds is 2. The number of anilines is 1. The van der Waals surface area contributed by atoms with Crippen LogP contribution in [-0.4, -0.2) is 11.0 Å².